The molecule has 0 amide bonds. The van der Waals surface area contributed by atoms with Crippen LogP contribution in [-0.4, -0.2) is 34.7 Å². The summed E-state index contributed by atoms with van der Waals surface area (Å²) in [6, 6.07) is 12.3. The molecular formula is C17H17N5O3S. The first kappa shape index (κ1) is 17.9. The van der Waals surface area contributed by atoms with Crippen LogP contribution in [0, 0.1) is 10.1 Å². The molecule has 0 saturated heterocycles. The Balaban J connectivity index is 1.80. The van der Waals surface area contributed by atoms with Gasteiger partial charge in [-0.25, -0.2) is 4.98 Å². The lowest BCUT2D eigenvalue weighted by molar-refractivity contribution is -0.383. The van der Waals surface area contributed by atoms with E-state index in [0.29, 0.717) is 27.6 Å². The van der Waals surface area contributed by atoms with E-state index >= 15 is 0 Å². The number of non-ortho nitro benzene ring substituents is 1. The maximum Gasteiger partial charge on any atom is 0.296 e. The summed E-state index contributed by atoms with van der Waals surface area (Å²) in [5.41, 5.74) is 1.95. The van der Waals surface area contributed by atoms with Crippen molar-refractivity contribution in [3.05, 3.63) is 52.6 Å². The van der Waals surface area contributed by atoms with Crippen LogP contribution in [-0.2, 0) is 0 Å². The summed E-state index contributed by atoms with van der Waals surface area (Å²) in [4.78, 5) is 16.9. The minimum atomic E-state index is -0.451. The predicted molar refractivity (Wildman–Crippen MR) is 102 cm³/mol. The van der Waals surface area contributed by atoms with Crippen LogP contribution in [0.2, 0.25) is 0 Å². The molecule has 1 aromatic heterocycles. The van der Waals surface area contributed by atoms with Crippen LogP contribution in [0.1, 0.15) is 6.92 Å². The lowest BCUT2D eigenvalue weighted by Crippen LogP contribution is -2.25. The normalized spacial score (nSPS) is 11.3. The lowest BCUT2D eigenvalue weighted by atomic mass is 10.2. The Hall–Kier alpha value is -2.91. The average molecular weight is 371 g/mol. The summed E-state index contributed by atoms with van der Waals surface area (Å²) in [5.74, 6) is 0. The Morgan fingerprint density at radius 2 is 2.00 bits per heavy atom. The van der Waals surface area contributed by atoms with Crippen molar-refractivity contribution in [1.29, 1.82) is 0 Å². The Bertz CT molecular complexity index is 939. The predicted octanol–water partition coefficient (Wildman–Crippen LogP) is 4.44. The van der Waals surface area contributed by atoms with Gasteiger partial charge in [-0.2, -0.15) is 0 Å². The second-order valence-corrected chi connectivity index (χ2v) is 6.41. The smallest absolute Gasteiger partial charge is 0.296 e. The standard InChI is InChI=1S/C17H17N5O3S/c1-2-21(10-11-23)13-8-6-12(7-9-13)19-20-17-18-16-14(22(24)25)4-3-5-15(16)26-17/h3-9,23H,2,10-11H2,1H3. The van der Waals surface area contributed by atoms with E-state index in [1.54, 1.807) is 12.1 Å². The maximum absolute atomic E-state index is 11.1. The van der Waals surface area contributed by atoms with Gasteiger partial charge in [0.05, 0.1) is 21.9 Å². The van der Waals surface area contributed by atoms with E-state index < -0.39 is 4.92 Å². The van der Waals surface area contributed by atoms with E-state index in [0.717, 1.165) is 12.2 Å². The molecule has 0 bridgehead atoms. The van der Waals surface area contributed by atoms with Crippen LogP contribution in [0.25, 0.3) is 10.2 Å². The minimum absolute atomic E-state index is 0.0342. The molecule has 0 atom stereocenters. The SMILES string of the molecule is CCN(CCO)c1ccc(N=Nc2nc3c([N+](=O)[O-])cccc3s2)cc1. The zero-order valence-corrected chi connectivity index (χ0v) is 14.9. The number of likely N-dealkylation sites (N-methyl/N-ethyl adjacent to an activating group) is 1. The molecular weight excluding hydrogens is 354 g/mol. The van der Waals surface area contributed by atoms with Crippen molar-refractivity contribution in [3.63, 3.8) is 0 Å². The van der Waals surface area contributed by atoms with Gasteiger partial charge in [-0.3, -0.25) is 10.1 Å². The number of fused-ring (bicyclic) bond motifs is 1. The summed E-state index contributed by atoms with van der Waals surface area (Å²) in [6.45, 7) is 3.49. The van der Waals surface area contributed by atoms with E-state index in [9.17, 15) is 10.1 Å². The van der Waals surface area contributed by atoms with Crippen molar-refractivity contribution in [1.82, 2.24) is 4.98 Å². The third-order valence-electron chi connectivity index (χ3n) is 3.80. The van der Waals surface area contributed by atoms with Crippen molar-refractivity contribution < 1.29 is 10.0 Å². The van der Waals surface area contributed by atoms with E-state index in [1.807, 2.05) is 36.1 Å². The molecule has 0 aliphatic rings. The van der Waals surface area contributed by atoms with E-state index in [1.165, 1.54) is 17.4 Å². The highest BCUT2D eigenvalue weighted by atomic mass is 32.1. The molecule has 3 aromatic rings. The number of para-hydroxylation sites is 1. The number of nitrogens with zero attached hydrogens (tertiary/aromatic N) is 5. The van der Waals surface area contributed by atoms with Gasteiger partial charge in [0.25, 0.3) is 5.69 Å². The van der Waals surface area contributed by atoms with Crippen molar-refractivity contribution >= 4 is 43.7 Å². The number of nitro groups is 1. The monoisotopic (exact) mass is 371 g/mol. The van der Waals surface area contributed by atoms with Crippen molar-refractivity contribution in [2.24, 2.45) is 10.2 Å². The molecule has 0 fully saturated rings. The molecule has 0 unspecified atom stereocenters. The number of hydrogen-bond acceptors (Lipinski definition) is 8. The topological polar surface area (TPSA) is 104 Å². The van der Waals surface area contributed by atoms with Gasteiger partial charge in [0, 0.05) is 24.8 Å². The molecule has 0 radical (unpaired) electrons. The van der Waals surface area contributed by atoms with Crippen molar-refractivity contribution in [2.45, 2.75) is 6.92 Å². The van der Waals surface area contributed by atoms with Gasteiger partial charge in [-0.05, 0) is 37.3 Å². The lowest BCUT2D eigenvalue weighted by Gasteiger charge is -2.21. The van der Waals surface area contributed by atoms with Gasteiger partial charge in [-0.15, -0.1) is 10.2 Å². The Kier molecular flexibility index (Phi) is 5.49. The molecule has 8 nitrogen and oxygen atoms in total. The molecule has 3 rings (SSSR count). The van der Waals surface area contributed by atoms with Crippen LogP contribution in [0.4, 0.5) is 22.2 Å². The number of aromatic nitrogens is 1. The molecule has 26 heavy (non-hydrogen) atoms. The second-order valence-electron chi connectivity index (χ2n) is 5.40. The number of anilines is 1. The summed E-state index contributed by atoms with van der Waals surface area (Å²) in [7, 11) is 0. The highest BCUT2D eigenvalue weighted by molar-refractivity contribution is 7.22. The first-order valence-electron chi connectivity index (χ1n) is 8.04. The van der Waals surface area contributed by atoms with Gasteiger partial charge >= 0.3 is 0 Å². The molecule has 1 N–H and O–H groups in total. The average Bonchev–Trinajstić information content (AvgIpc) is 3.07. The molecule has 0 aliphatic heterocycles. The summed E-state index contributed by atoms with van der Waals surface area (Å²) >= 11 is 1.25. The van der Waals surface area contributed by atoms with Crippen LogP contribution in [0.5, 0.6) is 0 Å². The van der Waals surface area contributed by atoms with E-state index in [4.69, 9.17) is 5.11 Å². The summed E-state index contributed by atoms with van der Waals surface area (Å²) < 4.78 is 0.700. The fourth-order valence-electron chi connectivity index (χ4n) is 2.53. The van der Waals surface area contributed by atoms with Crippen LogP contribution in [0.3, 0.4) is 0 Å². The molecule has 1 heterocycles. The second kappa shape index (κ2) is 7.98. The highest BCUT2D eigenvalue weighted by Gasteiger charge is 2.15. The van der Waals surface area contributed by atoms with Crippen LogP contribution >= 0.6 is 11.3 Å². The fraction of sp³-hybridized carbons (Fsp3) is 0.235. The van der Waals surface area contributed by atoms with Crippen LogP contribution in [0.15, 0.2) is 52.7 Å². The Morgan fingerprint density at radius 1 is 1.23 bits per heavy atom. The maximum atomic E-state index is 11.1. The van der Waals surface area contributed by atoms with Gasteiger partial charge in [0.15, 0.2) is 5.52 Å². The molecule has 0 saturated carbocycles. The number of benzene rings is 2. The van der Waals surface area contributed by atoms with Gasteiger partial charge in [0.1, 0.15) is 0 Å². The molecule has 2 aromatic carbocycles. The first-order chi connectivity index (χ1) is 12.6. The largest absolute Gasteiger partial charge is 0.395 e. The number of aliphatic hydroxyl groups excluding tert-OH is 1. The van der Waals surface area contributed by atoms with Crippen LogP contribution < -0.4 is 4.90 Å². The molecule has 9 heteroatoms. The zero-order chi connectivity index (χ0) is 18.5. The third-order valence-corrected chi connectivity index (χ3v) is 4.71. The van der Waals surface area contributed by atoms with Gasteiger partial charge in [-0.1, -0.05) is 17.4 Å². The molecule has 0 aliphatic carbocycles. The van der Waals surface area contributed by atoms with E-state index in [-0.39, 0.29) is 12.3 Å². The van der Waals surface area contributed by atoms with Gasteiger partial charge in [0.2, 0.25) is 5.13 Å². The van der Waals surface area contributed by atoms with Crippen molar-refractivity contribution in [2.75, 3.05) is 24.6 Å². The minimum Gasteiger partial charge on any atom is -0.395 e. The molecule has 0 spiro atoms. The Labute approximate surface area is 153 Å². The van der Waals surface area contributed by atoms with Crippen molar-refractivity contribution in [3.8, 4) is 0 Å². The third kappa shape index (κ3) is 3.84. The number of thiazole rings is 1. The number of rotatable bonds is 7. The van der Waals surface area contributed by atoms with Gasteiger partial charge < -0.3 is 10.0 Å². The van der Waals surface area contributed by atoms with E-state index in [2.05, 4.69) is 15.2 Å². The summed E-state index contributed by atoms with van der Waals surface area (Å²) in [6.07, 6.45) is 0. The highest BCUT2D eigenvalue weighted by Crippen LogP contribution is 2.34. The summed E-state index contributed by atoms with van der Waals surface area (Å²) in [5, 5.41) is 28.8. The first-order valence-corrected chi connectivity index (χ1v) is 8.85. The number of hydrogen-bond donors (Lipinski definition) is 1. The number of aliphatic hydroxyl groups is 1. The quantitative estimate of drug-likeness (QED) is 0.376. The number of nitro benzene ring substituents is 1. The number of azo groups is 1. The zero-order valence-electron chi connectivity index (χ0n) is 14.1. The molecule has 134 valence electrons. The Morgan fingerprint density at radius 3 is 2.65 bits per heavy atom. The fourth-order valence-corrected chi connectivity index (χ4v) is 3.34.